The van der Waals surface area contributed by atoms with E-state index in [-0.39, 0.29) is 32.0 Å². The number of ether oxygens (including phenoxy) is 1. The number of rotatable bonds is 10. The maximum absolute atomic E-state index is 12.6. The summed E-state index contributed by atoms with van der Waals surface area (Å²) >= 11 is 0. The highest BCUT2D eigenvalue weighted by molar-refractivity contribution is 6.01. The quantitative estimate of drug-likeness (QED) is 0.419. The molecule has 0 radical (unpaired) electrons. The van der Waals surface area contributed by atoms with Gasteiger partial charge in [-0.25, -0.2) is 4.79 Å². The average Bonchev–Trinajstić information content (AvgIpc) is 2.66. The molecule has 0 spiro atoms. The zero-order valence-electron chi connectivity index (χ0n) is 16.4. The molecule has 0 fully saturated rings. The van der Waals surface area contributed by atoms with E-state index in [1.54, 1.807) is 39.0 Å². The second-order valence-corrected chi connectivity index (χ2v) is 6.92. The number of aliphatic hydroxyl groups is 2. The summed E-state index contributed by atoms with van der Waals surface area (Å²) in [4.78, 5) is 36.6. The number of nitrogens with one attached hydrogen (secondary N) is 1. The molecule has 0 aliphatic heterocycles. The molecule has 0 saturated carbocycles. The van der Waals surface area contributed by atoms with Crippen molar-refractivity contribution in [3.05, 3.63) is 34.9 Å². The van der Waals surface area contributed by atoms with E-state index in [9.17, 15) is 24.6 Å². The van der Waals surface area contributed by atoms with E-state index in [1.807, 2.05) is 6.92 Å². The smallest absolute Gasteiger partial charge is 0.338 e. The van der Waals surface area contributed by atoms with E-state index >= 15 is 0 Å². The molecule has 1 amide bonds. The van der Waals surface area contributed by atoms with Crippen LogP contribution in [0.3, 0.4) is 0 Å². The van der Waals surface area contributed by atoms with E-state index in [0.29, 0.717) is 23.1 Å². The van der Waals surface area contributed by atoms with Crippen molar-refractivity contribution in [2.24, 2.45) is 5.41 Å². The standard InChI is InChI=1S/C20H29NO6/c1-5-13-14(8-7-9-15(13)19(26)27-6-2)16(23)10-11-21-18(25)17(24)20(3,4)12-22/h7-9,17,22,24H,5-6,10-12H2,1-4H3,(H,21,25)/t17-/m0/s1. The molecule has 0 aliphatic rings. The topological polar surface area (TPSA) is 113 Å². The van der Waals surface area contributed by atoms with Crippen LogP contribution in [0.4, 0.5) is 0 Å². The molecule has 1 aromatic carbocycles. The molecule has 1 atom stereocenters. The monoisotopic (exact) mass is 379 g/mol. The number of ketones is 1. The van der Waals surface area contributed by atoms with Crippen molar-refractivity contribution >= 4 is 17.7 Å². The van der Waals surface area contributed by atoms with E-state index < -0.39 is 23.4 Å². The fraction of sp³-hybridized carbons (Fsp3) is 0.550. The third kappa shape index (κ3) is 5.87. The van der Waals surface area contributed by atoms with Gasteiger partial charge in [-0.05, 0) is 25.0 Å². The van der Waals surface area contributed by atoms with Gasteiger partial charge < -0.3 is 20.3 Å². The summed E-state index contributed by atoms with van der Waals surface area (Å²) < 4.78 is 5.03. The van der Waals surface area contributed by atoms with Crippen LogP contribution in [0.25, 0.3) is 0 Å². The molecule has 0 aromatic heterocycles. The van der Waals surface area contributed by atoms with E-state index in [2.05, 4.69) is 5.32 Å². The van der Waals surface area contributed by atoms with Crippen LogP contribution < -0.4 is 5.32 Å². The predicted molar refractivity (Wildman–Crippen MR) is 101 cm³/mol. The highest BCUT2D eigenvalue weighted by Crippen LogP contribution is 2.20. The van der Waals surface area contributed by atoms with Gasteiger partial charge in [-0.15, -0.1) is 0 Å². The van der Waals surface area contributed by atoms with Gasteiger partial charge in [0.2, 0.25) is 5.91 Å². The molecule has 1 aromatic rings. The SMILES string of the molecule is CCOC(=O)c1cccc(C(=O)CCNC(=O)[C@H](O)C(C)(C)CO)c1CC. The lowest BCUT2D eigenvalue weighted by Gasteiger charge is -2.27. The highest BCUT2D eigenvalue weighted by atomic mass is 16.5. The van der Waals surface area contributed by atoms with Crippen LogP contribution >= 0.6 is 0 Å². The van der Waals surface area contributed by atoms with E-state index in [0.717, 1.165) is 0 Å². The van der Waals surface area contributed by atoms with E-state index in [4.69, 9.17) is 4.74 Å². The normalized spacial score (nSPS) is 12.4. The number of carbonyl (C=O) groups excluding carboxylic acids is 3. The lowest BCUT2D eigenvalue weighted by molar-refractivity contribution is -0.137. The Morgan fingerprint density at radius 2 is 1.81 bits per heavy atom. The van der Waals surface area contributed by atoms with Crippen molar-refractivity contribution < 1.29 is 29.3 Å². The molecule has 1 rings (SSSR count). The van der Waals surface area contributed by atoms with Crippen LogP contribution in [0.5, 0.6) is 0 Å². The average molecular weight is 379 g/mol. The molecule has 7 heteroatoms. The summed E-state index contributed by atoms with van der Waals surface area (Å²) in [5.74, 6) is -1.32. The molecule has 0 bridgehead atoms. The molecule has 0 aliphatic carbocycles. The van der Waals surface area contributed by atoms with Crippen LogP contribution in [-0.4, -0.2) is 53.7 Å². The minimum atomic E-state index is -1.38. The summed E-state index contributed by atoms with van der Waals surface area (Å²) in [5, 5.41) is 21.7. The summed E-state index contributed by atoms with van der Waals surface area (Å²) in [6.07, 6.45) is -0.862. The number of carbonyl (C=O) groups is 3. The Morgan fingerprint density at radius 3 is 2.37 bits per heavy atom. The fourth-order valence-electron chi connectivity index (χ4n) is 2.60. The van der Waals surface area contributed by atoms with Crippen molar-refractivity contribution in [3.8, 4) is 0 Å². The number of aliphatic hydroxyl groups excluding tert-OH is 2. The molecule has 27 heavy (non-hydrogen) atoms. The molecule has 3 N–H and O–H groups in total. The number of hydrogen-bond donors (Lipinski definition) is 3. The Morgan fingerprint density at radius 1 is 1.19 bits per heavy atom. The molecule has 0 saturated heterocycles. The largest absolute Gasteiger partial charge is 0.462 e. The van der Waals surface area contributed by atoms with Gasteiger partial charge in [-0.2, -0.15) is 0 Å². The highest BCUT2D eigenvalue weighted by Gasteiger charge is 2.32. The van der Waals surface area contributed by atoms with Crippen molar-refractivity contribution in [1.82, 2.24) is 5.32 Å². The number of amides is 1. The van der Waals surface area contributed by atoms with Gasteiger partial charge >= 0.3 is 5.97 Å². The maximum Gasteiger partial charge on any atom is 0.338 e. The van der Waals surface area contributed by atoms with Crippen LogP contribution in [0.1, 0.15) is 60.4 Å². The zero-order valence-corrected chi connectivity index (χ0v) is 16.4. The molecule has 0 unspecified atom stereocenters. The third-order valence-corrected chi connectivity index (χ3v) is 4.37. The first-order chi connectivity index (χ1) is 12.7. The first-order valence-electron chi connectivity index (χ1n) is 9.08. The summed E-state index contributed by atoms with van der Waals surface area (Å²) in [6.45, 7) is 6.65. The van der Waals surface area contributed by atoms with Crippen LogP contribution in [-0.2, 0) is 16.0 Å². The van der Waals surface area contributed by atoms with Gasteiger partial charge in [0, 0.05) is 23.9 Å². The first kappa shape index (κ1) is 22.8. The summed E-state index contributed by atoms with van der Waals surface area (Å²) in [5.41, 5.74) is 0.439. The molecule has 150 valence electrons. The van der Waals surface area contributed by atoms with Crippen molar-refractivity contribution in [3.63, 3.8) is 0 Å². The van der Waals surface area contributed by atoms with Gasteiger partial charge in [-0.1, -0.05) is 32.9 Å². The molecular formula is C20H29NO6. The lowest BCUT2D eigenvalue weighted by Crippen LogP contribution is -2.46. The molecular weight excluding hydrogens is 350 g/mol. The molecule has 0 heterocycles. The Bertz CT molecular complexity index is 683. The second kappa shape index (κ2) is 10.2. The van der Waals surface area contributed by atoms with Crippen LogP contribution in [0.15, 0.2) is 18.2 Å². The lowest BCUT2D eigenvalue weighted by atomic mass is 9.87. The summed E-state index contributed by atoms with van der Waals surface area (Å²) in [7, 11) is 0. The van der Waals surface area contributed by atoms with Gasteiger partial charge in [0.25, 0.3) is 0 Å². The first-order valence-corrected chi connectivity index (χ1v) is 9.08. The molecule has 7 nitrogen and oxygen atoms in total. The van der Waals surface area contributed by atoms with E-state index in [1.165, 1.54) is 0 Å². The predicted octanol–water partition coefficient (Wildman–Crippen LogP) is 1.49. The Hall–Kier alpha value is -2.25. The van der Waals surface area contributed by atoms with Crippen LogP contribution in [0, 0.1) is 5.41 Å². The minimum Gasteiger partial charge on any atom is -0.462 e. The third-order valence-electron chi connectivity index (χ3n) is 4.37. The summed E-state index contributed by atoms with van der Waals surface area (Å²) in [6, 6.07) is 4.91. The maximum atomic E-state index is 12.6. The second-order valence-electron chi connectivity index (χ2n) is 6.92. The van der Waals surface area contributed by atoms with Gasteiger partial charge in [0.1, 0.15) is 6.10 Å². The van der Waals surface area contributed by atoms with Gasteiger partial charge in [0.15, 0.2) is 5.78 Å². The van der Waals surface area contributed by atoms with Gasteiger partial charge in [0.05, 0.1) is 18.8 Å². The number of hydrogen-bond acceptors (Lipinski definition) is 6. The Balaban J connectivity index is 2.80. The fourth-order valence-corrected chi connectivity index (χ4v) is 2.60. The van der Waals surface area contributed by atoms with Crippen molar-refractivity contribution in [2.45, 2.75) is 46.6 Å². The Labute approximate surface area is 159 Å². The van der Waals surface area contributed by atoms with Crippen LogP contribution in [0.2, 0.25) is 0 Å². The number of esters is 1. The zero-order chi connectivity index (χ0) is 20.6. The van der Waals surface area contributed by atoms with Gasteiger partial charge in [-0.3, -0.25) is 9.59 Å². The number of Topliss-reactive ketones (excluding diaryl/α,β-unsaturated/α-hetero) is 1. The Kier molecular flexibility index (Phi) is 8.59. The van der Waals surface area contributed by atoms with Crippen molar-refractivity contribution in [1.29, 1.82) is 0 Å². The van der Waals surface area contributed by atoms with Crippen molar-refractivity contribution in [2.75, 3.05) is 19.8 Å². The minimum absolute atomic E-state index is 0.0251. The number of benzene rings is 1.